The van der Waals surface area contributed by atoms with Crippen LogP contribution in [0.4, 0.5) is 0 Å². The van der Waals surface area contributed by atoms with E-state index in [0.29, 0.717) is 0 Å². The Labute approximate surface area is 132 Å². The van der Waals surface area contributed by atoms with Gasteiger partial charge in [-0.25, -0.2) is 9.97 Å². The quantitative estimate of drug-likeness (QED) is 0.646. The number of unbranched alkanes of at least 4 members (excludes halogenated alkanes) is 5. The first kappa shape index (κ1) is 16.7. The molecule has 0 fully saturated rings. The molecule has 0 aliphatic heterocycles. The molecule has 0 aliphatic rings. The van der Waals surface area contributed by atoms with Crippen molar-refractivity contribution in [1.82, 2.24) is 19.9 Å². The molecule has 2 rings (SSSR count). The maximum absolute atomic E-state index is 6.06. The third-order valence-corrected chi connectivity index (χ3v) is 3.73. The standard InChI is InChI=1S/C17H28N4O/c1-4-5-6-7-8-9-10-22-15(16-18-11-13(2)20-16)17-19-12-14(3)21-17/h11-12,15H,4-10H2,1-3H3,(H,18,20)(H,19,21). The molecule has 122 valence electrons. The van der Waals surface area contributed by atoms with Gasteiger partial charge in [0.1, 0.15) is 11.6 Å². The second-order valence-electron chi connectivity index (χ2n) is 5.87. The van der Waals surface area contributed by atoms with E-state index in [4.69, 9.17) is 4.74 Å². The van der Waals surface area contributed by atoms with Crippen molar-refractivity contribution in [3.8, 4) is 0 Å². The molecule has 0 radical (unpaired) electrons. The van der Waals surface area contributed by atoms with Crippen molar-refractivity contribution in [3.05, 3.63) is 35.4 Å². The highest BCUT2D eigenvalue weighted by Gasteiger charge is 2.20. The summed E-state index contributed by atoms with van der Waals surface area (Å²) >= 11 is 0. The van der Waals surface area contributed by atoms with Crippen LogP contribution in [0.3, 0.4) is 0 Å². The van der Waals surface area contributed by atoms with Crippen LogP contribution in [0.2, 0.25) is 0 Å². The number of nitrogens with zero attached hydrogens (tertiary/aromatic N) is 2. The minimum Gasteiger partial charge on any atom is -0.362 e. The highest BCUT2D eigenvalue weighted by Crippen LogP contribution is 2.22. The Morgan fingerprint density at radius 3 is 1.95 bits per heavy atom. The van der Waals surface area contributed by atoms with E-state index in [1.165, 1.54) is 32.1 Å². The molecule has 0 amide bonds. The van der Waals surface area contributed by atoms with Gasteiger partial charge >= 0.3 is 0 Å². The molecule has 0 bridgehead atoms. The first-order chi connectivity index (χ1) is 10.7. The number of nitrogens with one attached hydrogen (secondary N) is 2. The summed E-state index contributed by atoms with van der Waals surface area (Å²) in [4.78, 5) is 15.4. The zero-order chi connectivity index (χ0) is 15.8. The molecule has 0 saturated carbocycles. The fourth-order valence-electron chi connectivity index (χ4n) is 2.51. The van der Waals surface area contributed by atoms with Crippen molar-refractivity contribution in [2.24, 2.45) is 0 Å². The Bertz CT molecular complexity index is 506. The molecule has 0 atom stereocenters. The van der Waals surface area contributed by atoms with Gasteiger partial charge < -0.3 is 14.7 Å². The highest BCUT2D eigenvalue weighted by atomic mass is 16.5. The highest BCUT2D eigenvalue weighted by molar-refractivity contribution is 5.12. The lowest BCUT2D eigenvalue weighted by atomic mass is 10.1. The maximum atomic E-state index is 6.06. The Kier molecular flexibility index (Phi) is 6.65. The third kappa shape index (κ3) is 4.98. The van der Waals surface area contributed by atoms with Gasteiger partial charge in [0, 0.05) is 19.0 Å². The monoisotopic (exact) mass is 304 g/mol. The minimum atomic E-state index is -0.238. The van der Waals surface area contributed by atoms with Crippen molar-refractivity contribution < 1.29 is 4.74 Å². The van der Waals surface area contributed by atoms with E-state index in [0.717, 1.165) is 36.1 Å². The van der Waals surface area contributed by atoms with E-state index in [-0.39, 0.29) is 6.10 Å². The van der Waals surface area contributed by atoms with Crippen LogP contribution in [0, 0.1) is 13.8 Å². The van der Waals surface area contributed by atoms with Crippen LogP contribution in [0.25, 0.3) is 0 Å². The molecule has 5 nitrogen and oxygen atoms in total. The molecule has 2 heterocycles. The SMILES string of the molecule is CCCCCCCCOC(c1nc(C)c[nH]1)c1nc(C)c[nH]1. The third-order valence-electron chi connectivity index (χ3n) is 3.73. The Morgan fingerprint density at radius 2 is 1.45 bits per heavy atom. The number of aryl methyl sites for hydroxylation is 2. The Morgan fingerprint density at radius 1 is 0.909 bits per heavy atom. The van der Waals surface area contributed by atoms with Gasteiger partial charge in [-0.3, -0.25) is 0 Å². The Balaban J connectivity index is 1.86. The van der Waals surface area contributed by atoms with Gasteiger partial charge in [0.15, 0.2) is 6.10 Å². The molecule has 0 unspecified atom stereocenters. The van der Waals surface area contributed by atoms with Crippen LogP contribution in [0.1, 0.15) is 74.6 Å². The lowest BCUT2D eigenvalue weighted by molar-refractivity contribution is 0.0663. The summed E-state index contributed by atoms with van der Waals surface area (Å²) < 4.78 is 6.06. The number of H-pyrrole nitrogens is 2. The second kappa shape index (κ2) is 8.73. The summed E-state index contributed by atoms with van der Waals surface area (Å²) in [6.07, 6.45) is 11.1. The molecule has 22 heavy (non-hydrogen) atoms. The van der Waals surface area contributed by atoms with Crippen molar-refractivity contribution in [3.63, 3.8) is 0 Å². The number of hydrogen-bond donors (Lipinski definition) is 2. The van der Waals surface area contributed by atoms with Crippen LogP contribution >= 0.6 is 0 Å². The first-order valence-corrected chi connectivity index (χ1v) is 8.36. The number of aromatic nitrogens is 4. The lowest BCUT2D eigenvalue weighted by Gasteiger charge is -2.13. The molecule has 5 heteroatoms. The second-order valence-corrected chi connectivity index (χ2v) is 5.87. The zero-order valence-corrected chi connectivity index (χ0v) is 14.0. The molecule has 2 aromatic heterocycles. The smallest absolute Gasteiger partial charge is 0.172 e. The topological polar surface area (TPSA) is 66.6 Å². The van der Waals surface area contributed by atoms with E-state index in [9.17, 15) is 0 Å². The molecular weight excluding hydrogens is 276 g/mol. The summed E-state index contributed by atoms with van der Waals surface area (Å²) in [7, 11) is 0. The fraction of sp³-hybridized carbons (Fsp3) is 0.647. The molecule has 2 N–H and O–H groups in total. The van der Waals surface area contributed by atoms with Crippen LogP contribution < -0.4 is 0 Å². The number of hydrogen-bond acceptors (Lipinski definition) is 3. The minimum absolute atomic E-state index is 0.238. The average Bonchev–Trinajstić information content (AvgIpc) is 3.11. The zero-order valence-electron chi connectivity index (χ0n) is 14.0. The van der Waals surface area contributed by atoms with E-state index >= 15 is 0 Å². The largest absolute Gasteiger partial charge is 0.362 e. The van der Waals surface area contributed by atoms with Crippen LogP contribution in [-0.2, 0) is 4.74 Å². The van der Waals surface area contributed by atoms with Gasteiger partial charge in [-0.15, -0.1) is 0 Å². The van der Waals surface area contributed by atoms with Crippen LogP contribution in [0.5, 0.6) is 0 Å². The van der Waals surface area contributed by atoms with E-state index in [1.54, 1.807) is 0 Å². The molecule has 0 aliphatic carbocycles. The molecule has 0 spiro atoms. The van der Waals surface area contributed by atoms with Crippen LogP contribution in [0.15, 0.2) is 12.4 Å². The number of rotatable bonds is 10. The summed E-state index contributed by atoms with van der Waals surface area (Å²) in [6, 6.07) is 0. The normalized spacial score (nSPS) is 11.5. The van der Waals surface area contributed by atoms with Gasteiger partial charge in [-0.05, 0) is 20.3 Å². The number of ether oxygens (including phenoxy) is 1. The molecular formula is C17H28N4O. The van der Waals surface area contributed by atoms with Gasteiger partial charge in [0.05, 0.1) is 11.4 Å². The molecule has 2 aromatic rings. The van der Waals surface area contributed by atoms with Crippen molar-refractivity contribution in [2.75, 3.05) is 6.61 Å². The van der Waals surface area contributed by atoms with E-state index in [1.807, 2.05) is 26.2 Å². The molecule has 0 aromatic carbocycles. The Hall–Kier alpha value is -1.62. The van der Waals surface area contributed by atoms with Gasteiger partial charge in [-0.2, -0.15) is 0 Å². The van der Waals surface area contributed by atoms with Crippen molar-refractivity contribution in [1.29, 1.82) is 0 Å². The predicted molar refractivity (Wildman–Crippen MR) is 87.8 cm³/mol. The summed E-state index contributed by atoms with van der Waals surface area (Å²) in [5, 5.41) is 0. The number of imidazole rings is 2. The van der Waals surface area contributed by atoms with E-state index < -0.39 is 0 Å². The molecule has 0 saturated heterocycles. The van der Waals surface area contributed by atoms with Crippen molar-refractivity contribution in [2.45, 2.75) is 65.4 Å². The van der Waals surface area contributed by atoms with Gasteiger partial charge in [0.25, 0.3) is 0 Å². The van der Waals surface area contributed by atoms with Crippen LogP contribution in [-0.4, -0.2) is 26.5 Å². The summed E-state index contributed by atoms with van der Waals surface area (Å²) in [5.41, 5.74) is 1.93. The fourth-order valence-corrected chi connectivity index (χ4v) is 2.51. The average molecular weight is 304 g/mol. The van der Waals surface area contributed by atoms with Gasteiger partial charge in [-0.1, -0.05) is 39.0 Å². The summed E-state index contributed by atoms with van der Waals surface area (Å²) in [6.45, 7) is 6.91. The predicted octanol–water partition coefficient (Wildman–Crippen LogP) is 4.22. The lowest BCUT2D eigenvalue weighted by Crippen LogP contribution is -2.11. The maximum Gasteiger partial charge on any atom is 0.172 e. The summed E-state index contributed by atoms with van der Waals surface area (Å²) in [5.74, 6) is 1.63. The first-order valence-electron chi connectivity index (χ1n) is 8.36. The van der Waals surface area contributed by atoms with E-state index in [2.05, 4.69) is 26.9 Å². The number of aromatic amines is 2. The van der Waals surface area contributed by atoms with Crippen molar-refractivity contribution >= 4 is 0 Å². The van der Waals surface area contributed by atoms with Gasteiger partial charge in [0.2, 0.25) is 0 Å².